The van der Waals surface area contributed by atoms with E-state index in [1.54, 1.807) is 0 Å². The van der Waals surface area contributed by atoms with Crippen molar-refractivity contribution in [2.24, 2.45) is 5.92 Å². The van der Waals surface area contributed by atoms with Crippen molar-refractivity contribution in [2.75, 3.05) is 44.3 Å². The number of anilines is 1. The fourth-order valence-electron chi connectivity index (χ4n) is 4.06. The molecule has 0 aromatic carbocycles. The van der Waals surface area contributed by atoms with Crippen LogP contribution >= 0.6 is 0 Å². The molecule has 0 radical (unpaired) electrons. The molecule has 3 saturated heterocycles. The molecule has 0 N–H and O–H groups in total. The minimum absolute atomic E-state index is 0.0185. The Kier molecular flexibility index (Phi) is 4.84. The van der Waals surface area contributed by atoms with E-state index >= 15 is 0 Å². The second-order valence-electron chi connectivity index (χ2n) is 7.73. The number of carbonyl (C=O) groups is 1. The van der Waals surface area contributed by atoms with E-state index in [1.165, 1.54) is 12.8 Å². The van der Waals surface area contributed by atoms with Gasteiger partial charge in [0.15, 0.2) is 5.79 Å². The summed E-state index contributed by atoms with van der Waals surface area (Å²) in [6.07, 6.45) is 3.78. The van der Waals surface area contributed by atoms with Crippen LogP contribution < -0.4 is 4.90 Å². The van der Waals surface area contributed by atoms with E-state index in [2.05, 4.69) is 21.8 Å². The number of rotatable bonds is 2. The topological polar surface area (TPSA) is 67.8 Å². The predicted octanol–water partition coefficient (Wildman–Crippen LogP) is 2.00. The van der Waals surface area contributed by atoms with Gasteiger partial charge in [0.1, 0.15) is 17.3 Å². The highest BCUT2D eigenvalue weighted by molar-refractivity contribution is 5.93. The summed E-state index contributed by atoms with van der Waals surface area (Å²) < 4.78 is 11.5. The van der Waals surface area contributed by atoms with Gasteiger partial charge in [-0.05, 0) is 25.7 Å². The van der Waals surface area contributed by atoms with E-state index in [0.717, 1.165) is 37.7 Å². The van der Waals surface area contributed by atoms with Crippen LogP contribution in [0.1, 0.15) is 48.9 Å². The summed E-state index contributed by atoms with van der Waals surface area (Å²) in [7, 11) is 0. The molecule has 1 amide bonds. The third kappa shape index (κ3) is 3.55. The molecule has 142 valence electrons. The Hall–Kier alpha value is -1.73. The first-order chi connectivity index (χ1) is 12.5. The molecule has 0 aliphatic carbocycles. The highest BCUT2D eigenvalue weighted by atomic mass is 16.7. The molecular formula is C19H28N4O3. The van der Waals surface area contributed by atoms with Crippen molar-refractivity contribution >= 4 is 11.7 Å². The molecule has 0 unspecified atom stereocenters. The van der Waals surface area contributed by atoms with Crippen molar-refractivity contribution in [3.63, 3.8) is 0 Å². The zero-order valence-electron chi connectivity index (χ0n) is 15.7. The van der Waals surface area contributed by atoms with Gasteiger partial charge in [-0.15, -0.1) is 0 Å². The van der Waals surface area contributed by atoms with E-state index < -0.39 is 5.79 Å². The molecule has 3 aliphatic rings. The molecule has 7 heteroatoms. The molecule has 4 rings (SSSR count). The van der Waals surface area contributed by atoms with Crippen molar-refractivity contribution in [1.82, 2.24) is 14.9 Å². The smallest absolute Gasteiger partial charge is 0.272 e. The standard InChI is InChI=1S/C19H28N4O3/c1-14-3-7-22(8-4-14)17-13-16(20-15(2)21-17)18(24)23-9-5-19(6-10-23)25-11-12-26-19/h13-14H,3-12H2,1-2H3. The van der Waals surface area contributed by atoms with Gasteiger partial charge >= 0.3 is 0 Å². The van der Waals surface area contributed by atoms with Crippen LogP contribution in [0, 0.1) is 12.8 Å². The SMILES string of the molecule is Cc1nc(C(=O)N2CCC3(CC2)OCCO3)cc(N2CCC(C)CC2)n1. The van der Waals surface area contributed by atoms with Crippen molar-refractivity contribution in [1.29, 1.82) is 0 Å². The van der Waals surface area contributed by atoms with Crippen LogP contribution in [0.25, 0.3) is 0 Å². The molecule has 1 aromatic rings. The normalized spacial score (nSPS) is 23.6. The van der Waals surface area contributed by atoms with Crippen LogP contribution in [0.3, 0.4) is 0 Å². The molecule has 0 bridgehead atoms. The Bertz CT molecular complexity index is 657. The zero-order valence-corrected chi connectivity index (χ0v) is 15.7. The minimum Gasteiger partial charge on any atom is -0.356 e. The van der Waals surface area contributed by atoms with Gasteiger partial charge in [0.05, 0.1) is 13.2 Å². The fraction of sp³-hybridized carbons (Fsp3) is 0.737. The molecule has 3 aliphatic heterocycles. The summed E-state index contributed by atoms with van der Waals surface area (Å²) in [5.41, 5.74) is 0.496. The third-order valence-corrected chi connectivity index (χ3v) is 5.78. The first-order valence-corrected chi connectivity index (χ1v) is 9.72. The van der Waals surface area contributed by atoms with Crippen molar-refractivity contribution in [3.8, 4) is 0 Å². The van der Waals surface area contributed by atoms with Crippen LogP contribution in [-0.4, -0.2) is 66.0 Å². The minimum atomic E-state index is -0.464. The van der Waals surface area contributed by atoms with Crippen LogP contribution in [0.15, 0.2) is 6.07 Å². The number of nitrogens with zero attached hydrogens (tertiary/aromatic N) is 4. The Labute approximate surface area is 154 Å². The largest absolute Gasteiger partial charge is 0.356 e. The van der Waals surface area contributed by atoms with Crippen molar-refractivity contribution in [2.45, 2.75) is 45.3 Å². The van der Waals surface area contributed by atoms with Gasteiger partial charge in [-0.1, -0.05) is 6.92 Å². The average molecular weight is 360 g/mol. The highest BCUT2D eigenvalue weighted by Gasteiger charge is 2.41. The maximum atomic E-state index is 13.0. The molecule has 3 fully saturated rings. The lowest BCUT2D eigenvalue weighted by Gasteiger charge is -2.37. The lowest BCUT2D eigenvalue weighted by molar-refractivity contribution is -0.181. The number of aromatic nitrogens is 2. The van der Waals surface area contributed by atoms with E-state index in [-0.39, 0.29) is 5.91 Å². The van der Waals surface area contributed by atoms with Gasteiger partial charge in [-0.25, -0.2) is 9.97 Å². The van der Waals surface area contributed by atoms with Gasteiger partial charge in [-0.2, -0.15) is 0 Å². The number of aryl methyl sites for hydroxylation is 1. The van der Waals surface area contributed by atoms with Crippen LogP contribution in [0.5, 0.6) is 0 Å². The Balaban J connectivity index is 1.46. The number of hydrogen-bond donors (Lipinski definition) is 0. The van der Waals surface area contributed by atoms with Gasteiger partial charge in [0.2, 0.25) is 0 Å². The van der Waals surface area contributed by atoms with E-state index in [9.17, 15) is 4.79 Å². The predicted molar refractivity (Wildman–Crippen MR) is 97.2 cm³/mol. The number of ether oxygens (including phenoxy) is 2. The molecule has 26 heavy (non-hydrogen) atoms. The molecular weight excluding hydrogens is 332 g/mol. The van der Waals surface area contributed by atoms with Gasteiger partial charge in [-0.3, -0.25) is 4.79 Å². The summed E-state index contributed by atoms with van der Waals surface area (Å²) >= 11 is 0. The summed E-state index contributed by atoms with van der Waals surface area (Å²) in [4.78, 5) is 26.1. The molecule has 7 nitrogen and oxygen atoms in total. The van der Waals surface area contributed by atoms with Gasteiger partial charge in [0.25, 0.3) is 5.91 Å². The van der Waals surface area contributed by atoms with Gasteiger partial charge in [0, 0.05) is 45.1 Å². The molecule has 1 spiro atoms. The van der Waals surface area contributed by atoms with Crippen molar-refractivity contribution < 1.29 is 14.3 Å². The summed E-state index contributed by atoms with van der Waals surface area (Å²) in [5, 5.41) is 0. The van der Waals surface area contributed by atoms with Crippen LogP contribution in [0.2, 0.25) is 0 Å². The van der Waals surface area contributed by atoms with E-state index in [1.807, 2.05) is 17.9 Å². The average Bonchev–Trinajstić information content (AvgIpc) is 3.10. The van der Waals surface area contributed by atoms with E-state index in [4.69, 9.17) is 9.47 Å². The first-order valence-electron chi connectivity index (χ1n) is 9.72. The zero-order chi connectivity index (χ0) is 18.1. The first kappa shape index (κ1) is 17.7. The monoisotopic (exact) mass is 360 g/mol. The van der Waals surface area contributed by atoms with Crippen molar-refractivity contribution in [3.05, 3.63) is 17.6 Å². The quantitative estimate of drug-likeness (QED) is 0.804. The Morgan fingerprint density at radius 2 is 1.77 bits per heavy atom. The highest BCUT2D eigenvalue weighted by Crippen LogP contribution is 2.32. The molecule has 1 aromatic heterocycles. The lowest BCUT2D eigenvalue weighted by Crippen LogP contribution is -2.47. The molecule has 4 heterocycles. The summed E-state index contributed by atoms with van der Waals surface area (Å²) in [5.74, 6) is 1.81. The molecule has 0 saturated carbocycles. The number of hydrogen-bond acceptors (Lipinski definition) is 6. The molecule has 0 atom stereocenters. The second-order valence-corrected chi connectivity index (χ2v) is 7.73. The Morgan fingerprint density at radius 3 is 2.42 bits per heavy atom. The Morgan fingerprint density at radius 1 is 1.12 bits per heavy atom. The number of amides is 1. The second kappa shape index (κ2) is 7.12. The van der Waals surface area contributed by atoms with Crippen LogP contribution in [0.4, 0.5) is 5.82 Å². The summed E-state index contributed by atoms with van der Waals surface area (Å²) in [6.45, 7) is 8.71. The van der Waals surface area contributed by atoms with Crippen LogP contribution in [-0.2, 0) is 9.47 Å². The van der Waals surface area contributed by atoms with E-state index in [0.29, 0.717) is 37.8 Å². The number of carbonyl (C=O) groups excluding carboxylic acids is 1. The number of piperidine rings is 2. The maximum absolute atomic E-state index is 13.0. The number of likely N-dealkylation sites (tertiary alicyclic amines) is 1. The lowest BCUT2D eigenvalue weighted by atomic mass is 9.99. The fourth-order valence-corrected chi connectivity index (χ4v) is 4.06. The summed E-state index contributed by atoms with van der Waals surface area (Å²) in [6, 6.07) is 1.86. The van der Waals surface area contributed by atoms with Gasteiger partial charge < -0.3 is 19.3 Å². The maximum Gasteiger partial charge on any atom is 0.272 e. The third-order valence-electron chi connectivity index (χ3n) is 5.78.